The van der Waals surface area contributed by atoms with Crippen molar-refractivity contribution in [1.82, 2.24) is 9.97 Å². The lowest BCUT2D eigenvalue weighted by Gasteiger charge is -1.99. The van der Waals surface area contributed by atoms with E-state index in [1.807, 2.05) is 0 Å². The summed E-state index contributed by atoms with van der Waals surface area (Å²) in [5.41, 5.74) is 10.1. The molecule has 1 aromatic carbocycles. The highest BCUT2D eigenvalue weighted by atomic mass is 15.0. The molecule has 68 valence electrons. The van der Waals surface area contributed by atoms with E-state index in [-0.39, 0.29) is 0 Å². The van der Waals surface area contributed by atoms with Crippen LogP contribution in [0.2, 0.25) is 0 Å². The number of nitrogen functional groups attached to an aromatic ring is 1. The van der Waals surface area contributed by atoms with Crippen LogP contribution in [0.4, 0.5) is 5.95 Å². The van der Waals surface area contributed by atoms with Gasteiger partial charge in [0.2, 0.25) is 0 Å². The van der Waals surface area contributed by atoms with Gasteiger partial charge in [0.1, 0.15) is 0 Å². The third-order valence-corrected chi connectivity index (χ3v) is 2.21. The van der Waals surface area contributed by atoms with Crippen molar-refractivity contribution in [2.45, 2.75) is 20.3 Å². The predicted molar refractivity (Wildman–Crippen MR) is 54.6 cm³/mol. The monoisotopic (exact) mass is 175 g/mol. The van der Waals surface area contributed by atoms with Gasteiger partial charge in [-0.2, -0.15) is 0 Å². The summed E-state index contributed by atoms with van der Waals surface area (Å²) in [6.45, 7) is 4.20. The van der Waals surface area contributed by atoms with Crippen LogP contribution in [0.5, 0.6) is 0 Å². The Morgan fingerprint density at radius 1 is 1.46 bits per heavy atom. The van der Waals surface area contributed by atoms with Gasteiger partial charge in [0, 0.05) is 0 Å². The lowest BCUT2D eigenvalue weighted by Crippen LogP contribution is -1.86. The average molecular weight is 175 g/mol. The third-order valence-electron chi connectivity index (χ3n) is 2.21. The number of aromatic amines is 1. The molecular weight excluding hydrogens is 162 g/mol. The maximum Gasteiger partial charge on any atom is 0.198 e. The number of H-pyrrole nitrogens is 1. The molecule has 0 saturated carbocycles. The Hall–Kier alpha value is -1.51. The van der Waals surface area contributed by atoms with Gasteiger partial charge >= 0.3 is 0 Å². The first-order chi connectivity index (χ1) is 6.20. The smallest absolute Gasteiger partial charge is 0.198 e. The Balaban J connectivity index is 2.80. The second-order valence-corrected chi connectivity index (χ2v) is 3.30. The number of nitrogens with two attached hydrogens (primary N) is 1. The molecule has 0 amide bonds. The zero-order chi connectivity index (χ0) is 9.42. The Morgan fingerprint density at radius 2 is 2.23 bits per heavy atom. The molecule has 1 aromatic heterocycles. The third kappa shape index (κ3) is 1.26. The molecule has 0 fully saturated rings. The maximum absolute atomic E-state index is 5.60. The first kappa shape index (κ1) is 8.10. The van der Waals surface area contributed by atoms with Crippen molar-refractivity contribution in [2.24, 2.45) is 0 Å². The van der Waals surface area contributed by atoms with E-state index < -0.39 is 0 Å². The molecule has 0 bridgehead atoms. The van der Waals surface area contributed by atoms with Gasteiger partial charge in [0.25, 0.3) is 0 Å². The summed E-state index contributed by atoms with van der Waals surface area (Å²) in [4.78, 5) is 7.29. The van der Waals surface area contributed by atoms with E-state index in [4.69, 9.17) is 5.73 Å². The second-order valence-electron chi connectivity index (χ2n) is 3.30. The highest BCUT2D eigenvalue weighted by molar-refractivity contribution is 5.81. The van der Waals surface area contributed by atoms with Crippen LogP contribution in [0.3, 0.4) is 0 Å². The van der Waals surface area contributed by atoms with E-state index in [2.05, 4.69) is 35.9 Å². The molecule has 1 heterocycles. The van der Waals surface area contributed by atoms with Crippen molar-refractivity contribution in [3.63, 3.8) is 0 Å². The maximum atomic E-state index is 5.60. The van der Waals surface area contributed by atoms with Crippen LogP contribution in [-0.2, 0) is 6.42 Å². The minimum Gasteiger partial charge on any atom is -0.369 e. The lowest BCUT2D eigenvalue weighted by molar-refractivity contribution is 1.14. The van der Waals surface area contributed by atoms with E-state index >= 15 is 0 Å². The number of nitrogens with one attached hydrogen (secondary N) is 1. The van der Waals surface area contributed by atoms with Crippen LogP contribution in [0.1, 0.15) is 18.1 Å². The quantitative estimate of drug-likeness (QED) is 0.696. The molecule has 0 unspecified atom stereocenters. The molecule has 0 radical (unpaired) electrons. The summed E-state index contributed by atoms with van der Waals surface area (Å²) in [5.74, 6) is 0.496. The van der Waals surface area contributed by atoms with Crippen molar-refractivity contribution in [1.29, 1.82) is 0 Å². The summed E-state index contributed by atoms with van der Waals surface area (Å²) in [6, 6.07) is 4.22. The van der Waals surface area contributed by atoms with Crippen LogP contribution < -0.4 is 5.73 Å². The zero-order valence-corrected chi connectivity index (χ0v) is 7.89. The van der Waals surface area contributed by atoms with Crippen molar-refractivity contribution < 1.29 is 0 Å². The standard InChI is InChI=1S/C10H13N3/c1-3-7-4-6(2)5-8-9(7)13-10(11)12-8/h4-5H,3H2,1-2H3,(H3,11,12,13). The van der Waals surface area contributed by atoms with Gasteiger partial charge in [-0.1, -0.05) is 13.0 Å². The largest absolute Gasteiger partial charge is 0.369 e. The van der Waals surface area contributed by atoms with Crippen LogP contribution in [0.15, 0.2) is 12.1 Å². The Bertz CT molecular complexity index is 443. The van der Waals surface area contributed by atoms with E-state index in [0.29, 0.717) is 5.95 Å². The summed E-state index contributed by atoms with van der Waals surface area (Å²) >= 11 is 0. The summed E-state index contributed by atoms with van der Waals surface area (Å²) in [5, 5.41) is 0. The van der Waals surface area contributed by atoms with Gasteiger partial charge in [-0.3, -0.25) is 0 Å². The van der Waals surface area contributed by atoms with E-state index in [1.165, 1.54) is 11.1 Å². The number of rotatable bonds is 1. The fourth-order valence-corrected chi connectivity index (χ4v) is 1.64. The Morgan fingerprint density at radius 3 is 2.92 bits per heavy atom. The van der Waals surface area contributed by atoms with Gasteiger partial charge in [0.05, 0.1) is 11.0 Å². The Kier molecular flexibility index (Phi) is 1.72. The van der Waals surface area contributed by atoms with Crippen LogP contribution in [0, 0.1) is 6.92 Å². The van der Waals surface area contributed by atoms with Gasteiger partial charge in [-0.25, -0.2) is 4.98 Å². The molecule has 0 aliphatic heterocycles. The molecule has 3 N–H and O–H groups in total. The van der Waals surface area contributed by atoms with Crippen molar-refractivity contribution in [2.75, 3.05) is 5.73 Å². The van der Waals surface area contributed by atoms with Crippen molar-refractivity contribution >= 4 is 17.0 Å². The van der Waals surface area contributed by atoms with E-state index in [9.17, 15) is 0 Å². The first-order valence-corrected chi connectivity index (χ1v) is 4.45. The van der Waals surface area contributed by atoms with Crippen molar-refractivity contribution in [3.8, 4) is 0 Å². The van der Waals surface area contributed by atoms with E-state index in [1.54, 1.807) is 0 Å². The molecule has 0 aliphatic rings. The normalized spacial score (nSPS) is 10.9. The highest BCUT2D eigenvalue weighted by Gasteiger charge is 2.04. The van der Waals surface area contributed by atoms with E-state index in [0.717, 1.165) is 17.5 Å². The molecular formula is C10H13N3. The molecule has 0 aliphatic carbocycles. The van der Waals surface area contributed by atoms with Crippen LogP contribution in [-0.4, -0.2) is 9.97 Å². The molecule has 2 aromatic rings. The second kappa shape index (κ2) is 2.76. The zero-order valence-electron chi connectivity index (χ0n) is 7.89. The number of imidazole rings is 1. The topological polar surface area (TPSA) is 54.7 Å². The summed E-state index contributed by atoms with van der Waals surface area (Å²) < 4.78 is 0. The van der Waals surface area contributed by atoms with Crippen molar-refractivity contribution in [3.05, 3.63) is 23.3 Å². The summed E-state index contributed by atoms with van der Waals surface area (Å²) in [6.07, 6.45) is 0.989. The summed E-state index contributed by atoms with van der Waals surface area (Å²) in [7, 11) is 0. The number of nitrogens with zero attached hydrogens (tertiary/aromatic N) is 1. The fraction of sp³-hybridized carbons (Fsp3) is 0.300. The number of aryl methyl sites for hydroxylation is 2. The number of benzene rings is 1. The highest BCUT2D eigenvalue weighted by Crippen LogP contribution is 2.19. The van der Waals surface area contributed by atoms with Gasteiger partial charge in [0.15, 0.2) is 5.95 Å². The molecule has 0 saturated heterocycles. The molecule has 0 atom stereocenters. The number of fused-ring (bicyclic) bond motifs is 1. The Labute approximate surface area is 77.0 Å². The molecule has 3 nitrogen and oxygen atoms in total. The molecule has 3 heteroatoms. The van der Waals surface area contributed by atoms with Crippen LogP contribution in [0.25, 0.3) is 11.0 Å². The van der Waals surface area contributed by atoms with Crippen LogP contribution >= 0.6 is 0 Å². The van der Waals surface area contributed by atoms with Gasteiger partial charge in [-0.15, -0.1) is 0 Å². The first-order valence-electron chi connectivity index (χ1n) is 4.45. The SMILES string of the molecule is CCc1cc(C)cc2[nH]c(N)nc12. The average Bonchev–Trinajstić information content (AvgIpc) is 2.43. The number of hydrogen-bond acceptors (Lipinski definition) is 2. The number of aromatic nitrogens is 2. The fourth-order valence-electron chi connectivity index (χ4n) is 1.64. The number of hydrogen-bond donors (Lipinski definition) is 2. The lowest BCUT2D eigenvalue weighted by atomic mass is 10.1. The number of anilines is 1. The minimum absolute atomic E-state index is 0.496. The molecule has 2 rings (SSSR count). The van der Waals surface area contributed by atoms with Gasteiger partial charge in [-0.05, 0) is 30.5 Å². The van der Waals surface area contributed by atoms with Gasteiger partial charge < -0.3 is 10.7 Å². The predicted octanol–water partition coefficient (Wildman–Crippen LogP) is 2.02. The molecule has 13 heavy (non-hydrogen) atoms. The molecule has 0 spiro atoms. The minimum atomic E-state index is 0.496.